The minimum absolute atomic E-state index is 0.267. The predicted octanol–water partition coefficient (Wildman–Crippen LogP) is 3.25. The van der Waals surface area contributed by atoms with Crippen molar-refractivity contribution in [3.05, 3.63) is 47.0 Å². The van der Waals surface area contributed by atoms with E-state index in [2.05, 4.69) is 10.3 Å². The van der Waals surface area contributed by atoms with Gasteiger partial charge in [0.1, 0.15) is 5.01 Å². The number of rotatable bonds is 6. The molecule has 2 aromatic carbocycles. The first-order valence-electron chi connectivity index (χ1n) is 7.59. The number of hydrogen-bond donors (Lipinski definition) is 1. The highest BCUT2D eigenvalue weighted by atomic mass is 32.1. The minimum Gasteiger partial charge on any atom is -0.493 e. The number of amides is 1. The Bertz CT molecular complexity index is 874. The molecule has 25 heavy (non-hydrogen) atoms. The Kier molecular flexibility index (Phi) is 5.04. The van der Waals surface area contributed by atoms with Crippen LogP contribution in [0.5, 0.6) is 17.2 Å². The molecule has 130 valence electrons. The van der Waals surface area contributed by atoms with Gasteiger partial charge in [-0.05, 0) is 24.3 Å². The summed E-state index contributed by atoms with van der Waals surface area (Å²) in [4.78, 5) is 17.1. The lowest BCUT2D eigenvalue weighted by Gasteiger charge is -2.15. The largest absolute Gasteiger partial charge is 0.493 e. The molecule has 1 amide bonds. The molecule has 0 unspecified atom stereocenters. The van der Waals surface area contributed by atoms with Crippen LogP contribution in [0.15, 0.2) is 36.4 Å². The number of thiazole rings is 1. The van der Waals surface area contributed by atoms with Gasteiger partial charge in [0, 0.05) is 0 Å². The number of carbonyl (C=O) groups is 1. The van der Waals surface area contributed by atoms with E-state index < -0.39 is 0 Å². The lowest BCUT2D eigenvalue weighted by Crippen LogP contribution is -2.23. The van der Waals surface area contributed by atoms with E-state index in [-0.39, 0.29) is 5.91 Å². The maximum absolute atomic E-state index is 12.6. The number of benzene rings is 2. The summed E-state index contributed by atoms with van der Waals surface area (Å²) >= 11 is 1.56. The summed E-state index contributed by atoms with van der Waals surface area (Å²) in [5.41, 5.74) is 1.31. The summed E-state index contributed by atoms with van der Waals surface area (Å²) in [6.07, 6.45) is 0. The predicted molar refractivity (Wildman–Crippen MR) is 96.9 cm³/mol. The molecule has 0 atom stereocenters. The van der Waals surface area contributed by atoms with Crippen molar-refractivity contribution < 1.29 is 19.0 Å². The standard InChI is InChI=1S/C18H18N2O4S/c1-22-13-9-8-11(16(23-2)17(13)24-3)18(21)19-10-15-20-12-6-4-5-7-14(12)25-15/h4-9H,10H2,1-3H3,(H,19,21). The third-order valence-corrected chi connectivity index (χ3v) is 4.72. The Balaban J connectivity index is 1.81. The van der Waals surface area contributed by atoms with Gasteiger partial charge in [0.2, 0.25) is 5.75 Å². The second-order valence-corrected chi connectivity index (χ2v) is 6.26. The number of aromatic nitrogens is 1. The van der Waals surface area contributed by atoms with Crippen molar-refractivity contribution in [2.24, 2.45) is 0 Å². The first-order chi connectivity index (χ1) is 12.2. The number of fused-ring (bicyclic) bond motifs is 1. The average Bonchev–Trinajstić information content (AvgIpc) is 3.07. The van der Waals surface area contributed by atoms with E-state index >= 15 is 0 Å². The summed E-state index contributed by atoms with van der Waals surface area (Å²) < 4.78 is 17.0. The Morgan fingerprint density at radius 1 is 1.04 bits per heavy atom. The first-order valence-corrected chi connectivity index (χ1v) is 8.41. The SMILES string of the molecule is COc1ccc(C(=O)NCc2nc3ccccc3s2)c(OC)c1OC. The van der Waals surface area contributed by atoms with E-state index in [1.165, 1.54) is 21.3 Å². The Morgan fingerprint density at radius 3 is 2.48 bits per heavy atom. The summed E-state index contributed by atoms with van der Waals surface area (Å²) in [6, 6.07) is 11.2. The van der Waals surface area contributed by atoms with Crippen molar-refractivity contribution in [3.63, 3.8) is 0 Å². The second-order valence-electron chi connectivity index (χ2n) is 5.14. The van der Waals surface area contributed by atoms with Crippen molar-refractivity contribution in [1.29, 1.82) is 0 Å². The zero-order valence-corrected chi connectivity index (χ0v) is 15.0. The fourth-order valence-electron chi connectivity index (χ4n) is 2.53. The zero-order valence-electron chi connectivity index (χ0n) is 14.2. The van der Waals surface area contributed by atoms with Crippen LogP contribution in [0.4, 0.5) is 0 Å². The lowest BCUT2D eigenvalue weighted by atomic mass is 10.1. The van der Waals surface area contributed by atoms with E-state index in [0.717, 1.165) is 15.2 Å². The van der Waals surface area contributed by atoms with Crippen molar-refractivity contribution in [1.82, 2.24) is 10.3 Å². The molecule has 3 aromatic rings. The van der Waals surface area contributed by atoms with E-state index in [1.54, 1.807) is 23.5 Å². The van der Waals surface area contributed by atoms with Gasteiger partial charge in [0.15, 0.2) is 11.5 Å². The van der Waals surface area contributed by atoms with Crippen molar-refractivity contribution in [3.8, 4) is 17.2 Å². The van der Waals surface area contributed by atoms with Gasteiger partial charge in [-0.3, -0.25) is 4.79 Å². The minimum atomic E-state index is -0.267. The molecule has 0 saturated carbocycles. The first kappa shape index (κ1) is 17.0. The highest BCUT2D eigenvalue weighted by Gasteiger charge is 2.20. The molecule has 1 N–H and O–H groups in total. The second kappa shape index (κ2) is 7.40. The van der Waals surface area contributed by atoms with Gasteiger partial charge in [0.25, 0.3) is 5.91 Å². The third kappa shape index (κ3) is 3.36. The number of nitrogens with zero attached hydrogens (tertiary/aromatic N) is 1. The zero-order chi connectivity index (χ0) is 17.8. The maximum atomic E-state index is 12.6. The van der Waals surface area contributed by atoms with E-state index in [9.17, 15) is 4.79 Å². The molecular formula is C18H18N2O4S. The van der Waals surface area contributed by atoms with Gasteiger partial charge in [-0.1, -0.05) is 12.1 Å². The van der Waals surface area contributed by atoms with Crippen molar-refractivity contribution in [2.45, 2.75) is 6.54 Å². The molecule has 7 heteroatoms. The van der Waals surface area contributed by atoms with Crippen LogP contribution in [0.25, 0.3) is 10.2 Å². The van der Waals surface area contributed by atoms with E-state index in [0.29, 0.717) is 29.4 Å². The van der Waals surface area contributed by atoms with Crippen LogP contribution in [0.3, 0.4) is 0 Å². The molecule has 1 heterocycles. The van der Waals surface area contributed by atoms with Gasteiger partial charge in [-0.15, -0.1) is 11.3 Å². The Hall–Kier alpha value is -2.80. The van der Waals surface area contributed by atoms with E-state index in [1.807, 2.05) is 24.3 Å². The lowest BCUT2D eigenvalue weighted by molar-refractivity contribution is 0.0947. The smallest absolute Gasteiger partial charge is 0.255 e. The normalized spacial score (nSPS) is 10.5. The highest BCUT2D eigenvalue weighted by Crippen LogP contribution is 2.39. The topological polar surface area (TPSA) is 69.7 Å². The average molecular weight is 358 g/mol. The molecule has 0 fully saturated rings. The summed E-state index contributed by atoms with van der Waals surface area (Å²) in [5.74, 6) is 0.959. The van der Waals surface area contributed by atoms with E-state index in [4.69, 9.17) is 14.2 Å². The summed E-state index contributed by atoms with van der Waals surface area (Å²) in [5, 5.41) is 3.71. The number of para-hydroxylation sites is 1. The van der Waals surface area contributed by atoms with Crippen LogP contribution in [-0.4, -0.2) is 32.2 Å². The fraction of sp³-hybridized carbons (Fsp3) is 0.222. The van der Waals surface area contributed by atoms with Crippen molar-refractivity contribution >= 4 is 27.5 Å². The molecule has 0 saturated heterocycles. The van der Waals surface area contributed by atoms with Crippen LogP contribution in [-0.2, 0) is 6.54 Å². The third-order valence-electron chi connectivity index (χ3n) is 3.69. The molecule has 0 spiro atoms. The van der Waals surface area contributed by atoms with Gasteiger partial charge < -0.3 is 19.5 Å². The van der Waals surface area contributed by atoms with Gasteiger partial charge >= 0.3 is 0 Å². The molecule has 6 nitrogen and oxygen atoms in total. The van der Waals surface area contributed by atoms with Crippen LogP contribution in [0, 0.1) is 0 Å². The molecule has 0 radical (unpaired) electrons. The van der Waals surface area contributed by atoms with Gasteiger partial charge in [-0.2, -0.15) is 0 Å². The maximum Gasteiger partial charge on any atom is 0.255 e. The van der Waals surface area contributed by atoms with Gasteiger partial charge in [0.05, 0.1) is 43.7 Å². The molecule has 0 aliphatic rings. The Morgan fingerprint density at radius 2 is 1.80 bits per heavy atom. The number of methoxy groups -OCH3 is 3. The molecule has 0 bridgehead atoms. The molecule has 1 aromatic heterocycles. The summed E-state index contributed by atoms with van der Waals surface area (Å²) in [7, 11) is 4.52. The quantitative estimate of drug-likeness (QED) is 0.732. The molecule has 3 rings (SSSR count). The number of carbonyl (C=O) groups excluding carboxylic acids is 1. The highest BCUT2D eigenvalue weighted by molar-refractivity contribution is 7.18. The summed E-state index contributed by atoms with van der Waals surface area (Å²) in [6.45, 7) is 0.343. The van der Waals surface area contributed by atoms with Crippen LogP contribution < -0.4 is 19.5 Å². The van der Waals surface area contributed by atoms with Gasteiger partial charge in [-0.25, -0.2) is 4.98 Å². The number of nitrogens with one attached hydrogen (secondary N) is 1. The van der Waals surface area contributed by atoms with Crippen LogP contribution >= 0.6 is 11.3 Å². The van der Waals surface area contributed by atoms with Crippen LogP contribution in [0.2, 0.25) is 0 Å². The molecular weight excluding hydrogens is 340 g/mol. The molecule has 0 aliphatic carbocycles. The monoisotopic (exact) mass is 358 g/mol. The number of hydrogen-bond acceptors (Lipinski definition) is 6. The van der Waals surface area contributed by atoms with Crippen LogP contribution in [0.1, 0.15) is 15.4 Å². The molecule has 0 aliphatic heterocycles. The Labute approximate surface area is 149 Å². The fourth-order valence-corrected chi connectivity index (χ4v) is 3.43. The van der Waals surface area contributed by atoms with Crippen molar-refractivity contribution in [2.75, 3.05) is 21.3 Å². The number of ether oxygens (including phenoxy) is 3.